The number of anilines is 1. The third kappa shape index (κ3) is 3.93. The molecule has 0 aliphatic carbocycles. The molecule has 0 atom stereocenters. The summed E-state index contributed by atoms with van der Waals surface area (Å²) in [5, 5.41) is 6.89. The number of likely N-dealkylation sites (N-methyl/N-ethyl adjacent to an activating group) is 1. The van der Waals surface area contributed by atoms with Gasteiger partial charge in [-0.05, 0) is 26.1 Å². The second-order valence-corrected chi connectivity index (χ2v) is 9.62. The Morgan fingerprint density at radius 1 is 1.22 bits per heavy atom. The van der Waals surface area contributed by atoms with Gasteiger partial charge in [-0.25, -0.2) is 12.8 Å². The highest BCUT2D eigenvalue weighted by atomic mass is 32.2. The van der Waals surface area contributed by atoms with Gasteiger partial charge in [0.1, 0.15) is 11.4 Å². The maximum Gasteiger partial charge on any atom is 0.336 e. The first-order valence-corrected chi connectivity index (χ1v) is 11.9. The van der Waals surface area contributed by atoms with Crippen molar-refractivity contribution >= 4 is 26.4 Å². The number of pyridine rings is 1. The highest BCUT2D eigenvalue weighted by Gasteiger charge is 2.25. The van der Waals surface area contributed by atoms with Crippen molar-refractivity contribution in [2.24, 2.45) is 0 Å². The normalized spacial score (nSPS) is 15.4. The summed E-state index contributed by atoms with van der Waals surface area (Å²) in [6.45, 7) is 8.81. The number of nitrogens with zero attached hydrogens (tertiary/aromatic N) is 5. The first kappa shape index (κ1) is 22.2. The van der Waals surface area contributed by atoms with Crippen molar-refractivity contribution in [3.8, 4) is 11.5 Å². The zero-order valence-electron chi connectivity index (χ0n) is 17.9. The zero-order valence-corrected chi connectivity index (χ0v) is 18.7. The van der Waals surface area contributed by atoms with E-state index in [1.807, 2.05) is 18.9 Å². The van der Waals surface area contributed by atoms with Crippen molar-refractivity contribution in [2.75, 3.05) is 43.9 Å². The molecule has 0 spiro atoms. The summed E-state index contributed by atoms with van der Waals surface area (Å²) in [7, 11) is -1.81. The summed E-state index contributed by atoms with van der Waals surface area (Å²) in [4.78, 5) is 17.3. The molecule has 3 heterocycles. The first-order valence-electron chi connectivity index (χ1n) is 10.2. The quantitative estimate of drug-likeness (QED) is 0.513. The maximum atomic E-state index is 15.1. The number of benzene rings is 1. The average Bonchev–Trinajstić information content (AvgIpc) is 3.26. The molecule has 1 saturated heterocycles. The molecular weight excluding hydrogens is 437 g/mol. The lowest BCUT2D eigenvalue weighted by molar-refractivity contribution is 0.312. The lowest BCUT2D eigenvalue weighted by Gasteiger charge is -2.34. The first-order chi connectivity index (χ1) is 15.2. The Morgan fingerprint density at radius 3 is 2.59 bits per heavy atom. The minimum Gasteiger partial charge on any atom is -0.408 e. The van der Waals surface area contributed by atoms with Crippen LogP contribution in [0.15, 0.2) is 45.4 Å². The van der Waals surface area contributed by atoms with Crippen molar-refractivity contribution in [1.82, 2.24) is 19.7 Å². The van der Waals surface area contributed by atoms with Crippen molar-refractivity contribution in [1.29, 1.82) is 0 Å². The minimum absolute atomic E-state index is 0.0126. The highest BCUT2D eigenvalue weighted by Crippen LogP contribution is 2.28. The molecule has 0 radical (unpaired) electrons. The Balaban J connectivity index is 1.83. The van der Waals surface area contributed by atoms with Crippen LogP contribution in [-0.2, 0) is 16.4 Å². The Morgan fingerprint density at radius 2 is 1.94 bits per heavy atom. The summed E-state index contributed by atoms with van der Waals surface area (Å²) in [6.07, 6.45) is 2.74. The molecule has 1 aliphatic heterocycles. The van der Waals surface area contributed by atoms with Gasteiger partial charge in [-0.3, -0.25) is 4.79 Å². The summed E-state index contributed by atoms with van der Waals surface area (Å²) in [6, 6.07) is 2.92. The molecular formula is C21H24FN5O4S. The number of aryl methyl sites for hydroxylation is 1. The van der Waals surface area contributed by atoms with Crippen LogP contribution in [0, 0.1) is 5.82 Å². The summed E-state index contributed by atoms with van der Waals surface area (Å²) in [5.74, 6) is -1.09. The molecule has 0 N–H and O–H groups in total. The van der Waals surface area contributed by atoms with Crippen LogP contribution >= 0.6 is 0 Å². The van der Waals surface area contributed by atoms with E-state index in [1.165, 1.54) is 18.3 Å². The van der Waals surface area contributed by atoms with Crippen LogP contribution in [0.4, 0.5) is 10.1 Å². The molecule has 2 aromatic heterocycles. The number of hydrogen-bond donors (Lipinski definition) is 0. The van der Waals surface area contributed by atoms with Crippen LogP contribution in [0.3, 0.4) is 0 Å². The van der Waals surface area contributed by atoms with Gasteiger partial charge in [-0.2, -0.15) is 0 Å². The van der Waals surface area contributed by atoms with Gasteiger partial charge >= 0.3 is 5.22 Å². The van der Waals surface area contributed by atoms with E-state index >= 15 is 4.39 Å². The molecule has 1 aromatic carbocycles. The lowest BCUT2D eigenvalue weighted by Crippen LogP contribution is -2.44. The van der Waals surface area contributed by atoms with Gasteiger partial charge in [0.15, 0.2) is 0 Å². The van der Waals surface area contributed by atoms with Crippen LogP contribution in [-0.4, -0.2) is 67.1 Å². The third-order valence-electron chi connectivity index (χ3n) is 5.57. The van der Waals surface area contributed by atoms with E-state index in [1.54, 1.807) is 10.6 Å². The summed E-state index contributed by atoms with van der Waals surface area (Å²) in [5.41, 5.74) is 0.537. The lowest BCUT2D eigenvalue weighted by atomic mass is 10.1. The summed E-state index contributed by atoms with van der Waals surface area (Å²) >= 11 is 0. The molecule has 4 rings (SSSR count). The number of halogens is 1. The van der Waals surface area contributed by atoms with Crippen LogP contribution < -0.4 is 10.3 Å². The SMILES string of the molecule is C=CCS(=O)(=O)c1nnc(-c2cn(CC)c3cc(N4CCN(C)CC4)c(F)cc3c2=O)o1. The fraction of sp³-hybridized carbons (Fsp3) is 0.381. The molecule has 1 aliphatic rings. The largest absolute Gasteiger partial charge is 0.408 e. The fourth-order valence-corrected chi connectivity index (χ4v) is 4.60. The van der Waals surface area contributed by atoms with E-state index in [-0.39, 0.29) is 22.6 Å². The van der Waals surface area contributed by atoms with E-state index in [9.17, 15) is 13.2 Å². The number of hydrogen-bond acceptors (Lipinski definition) is 8. The fourth-order valence-electron chi connectivity index (χ4n) is 3.77. The molecule has 9 nitrogen and oxygen atoms in total. The molecule has 32 heavy (non-hydrogen) atoms. The topological polar surface area (TPSA) is 102 Å². The molecule has 0 amide bonds. The monoisotopic (exact) mass is 461 g/mol. The van der Waals surface area contributed by atoms with E-state index in [0.29, 0.717) is 30.8 Å². The van der Waals surface area contributed by atoms with Crippen molar-refractivity contribution < 1.29 is 17.2 Å². The van der Waals surface area contributed by atoms with Gasteiger partial charge in [0.05, 0.1) is 17.0 Å². The molecule has 0 saturated carbocycles. The molecule has 170 valence electrons. The van der Waals surface area contributed by atoms with E-state index in [2.05, 4.69) is 21.7 Å². The van der Waals surface area contributed by atoms with Crippen molar-refractivity contribution in [2.45, 2.75) is 18.7 Å². The molecule has 0 unspecified atom stereocenters. The molecule has 0 bridgehead atoms. The minimum atomic E-state index is -3.83. The molecule has 11 heteroatoms. The Hall–Kier alpha value is -3.05. The van der Waals surface area contributed by atoms with Gasteiger partial charge < -0.3 is 18.8 Å². The highest BCUT2D eigenvalue weighted by molar-refractivity contribution is 7.91. The van der Waals surface area contributed by atoms with Crippen LogP contribution in [0.2, 0.25) is 0 Å². The van der Waals surface area contributed by atoms with Crippen LogP contribution in [0.5, 0.6) is 0 Å². The summed E-state index contributed by atoms with van der Waals surface area (Å²) < 4.78 is 46.4. The van der Waals surface area contributed by atoms with E-state index < -0.39 is 26.3 Å². The number of fused-ring (bicyclic) bond motifs is 1. The predicted molar refractivity (Wildman–Crippen MR) is 119 cm³/mol. The molecule has 1 fully saturated rings. The van der Waals surface area contributed by atoms with Gasteiger partial charge in [-0.15, -0.1) is 11.7 Å². The van der Waals surface area contributed by atoms with E-state index in [0.717, 1.165) is 13.1 Å². The Bertz CT molecular complexity index is 1340. The van der Waals surface area contributed by atoms with Gasteiger partial charge in [0.25, 0.3) is 5.89 Å². The van der Waals surface area contributed by atoms with Gasteiger partial charge in [-0.1, -0.05) is 11.2 Å². The van der Waals surface area contributed by atoms with Crippen LogP contribution in [0.25, 0.3) is 22.4 Å². The maximum absolute atomic E-state index is 15.1. The smallest absolute Gasteiger partial charge is 0.336 e. The van der Waals surface area contributed by atoms with Crippen LogP contribution in [0.1, 0.15) is 6.92 Å². The standard InChI is InChI=1S/C21H24FN5O4S/c1-4-10-32(29,30)21-24-23-20(31-21)15-13-26(5-2)17-12-18(16(22)11-14(17)19(15)28)27-8-6-25(3)7-9-27/h4,11-13H,1,5-10H2,2-3H3. The van der Waals surface area contributed by atoms with Crippen molar-refractivity contribution in [3.05, 3.63) is 47.0 Å². The number of aromatic nitrogens is 3. The van der Waals surface area contributed by atoms with Crippen molar-refractivity contribution in [3.63, 3.8) is 0 Å². The van der Waals surface area contributed by atoms with E-state index in [4.69, 9.17) is 4.42 Å². The Labute approximate surface area is 184 Å². The number of rotatable bonds is 6. The third-order valence-corrected chi connectivity index (χ3v) is 6.95. The predicted octanol–water partition coefficient (Wildman–Crippen LogP) is 1.92. The van der Waals surface area contributed by atoms with Gasteiger partial charge in [0, 0.05) is 44.3 Å². The zero-order chi connectivity index (χ0) is 23.0. The Kier molecular flexibility index (Phi) is 5.87. The van der Waals surface area contributed by atoms with Gasteiger partial charge in [0.2, 0.25) is 15.3 Å². The number of piperazine rings is 1. The number of sulfone groups is 1. The molecule has 3 aromatic rings. The second kappa shape index (κ2) is 8.47. The average molecular weight is 462 g/mol. The second-order valence-electron chi connectivity index (χ2n) is 7.71.